The lowest BCUT2D eigenvalue weighted by Crippen LogP contribution is -2.42. The minimum atomic E-state index is -0.700. The van der Waals surface area contributed by atoms with Crippen LogP contribution in [0.5, 0.6) is 0 Å². The van der Waals surface area contributed by atoms with E-state index < -0.39 is 5.69 Å². The molecule has 1 fully saturated rings. The van der Waals surface area contributed by atoms with Gasteiger partial charge in [-0.2, -0.15) is 9.97 Å². The summed E-state index contributed by atoms with van der Waals surface area (Å²) in [5.74, 6) is 1.03. The first kappa shape index (κ1) is 16.3. The molecule has 0 amide bonds. The smallest absolute Gasteiger partial charge is 0.370 e. The van der Waals surface area contributed by atoms with Gasteiger partial charge in [-0.25, -0.2) is 9.79 Å². The van der Waals surface area contributed by atoms with Crippen molar-refractivity contribution in [2.75, 3.05) is 24.7 Å². The zero-order valence-corrected chi connectivity index (χ0v) is 13.6. The van der Waals surface area contributed by atoms with E-state index in [-0.39, 0.29) is 30.7 Å². The molecular formula is C15H20N6O3. The highest BCUT2D eigenvalue weighted by atomic mass is 16.5. The Balaban J connectivity index is 2.18. The summed E-state index contributed by atoms with van der Waals surface area (Å²) in [6.07, 6.45) is 1.72. The Bertz CT molecular complexity index is 855. The SMILES string of the molecule is C=c1c(N)nc(=O)nc2c1=C(N(C)C1OC(CO)CC1C)N=CN2. The van der Waals surface area contributed by atoms with E-state index in [1.165, 1.54) is 6.34 Å². The average Bonchev–Trinajstić information content (AvgIpc) is 2.89. The number of anilines is 2. The Kier molecular flexibility index (Phi) is 4.20. The van der Waals surface area contributed by atoms with E-state index in [0.29, 0.717) is 22.1 Å². The number of aliphatic hydroxyl groups is 1. The van der Waals surface area contributed by atoms with Gasteiger partial charge in [0.2, 0.25) is 0 Å². The molecule has 3 atom stereocenters. The molecule has 1 aromatic heterocycles. The summed E-state index contributed by atoms with van der Waals surface area (Å²) in [5.41, 5.74) is 5.12. The molecule has 0 radical (unpaired) electrons. The molecular weight excluding hydrogens is 312 g/mol. The average molecular weight is 332 g/mol. The van der Waals surface area contributed by atoms with Crippen molar-refractivity contribution in [1.82, 2.24) is 14.9 Å². The van der Waals surface area contributed by atoms with Crippen LogP contribution in [0.25, 0.3) is 12.4 Å². The molecule has 24 heavy (non-hydrogen) atoms. The zero-order chi connectivity index (χ0) is 17.4. The minimum Gasteiger partial charge on any atom is -0.394 e. The molecule has 9 heteroatoms. The number of fused-ring (bicyclic) bond motifs is 1. The van der Waals surface area contributed by atoms with Crippen LogP contribution >= 0.6 is 0 Å². The Morgan fingerprint density at radius 3 is 2.96 bits per heavy atom. The van der Waals surface area contributed by atoms with Gasteiger partial charge >= 0.3 is 5.69 Å². The summed E-state index contributed by atoms with van der Waals surface area (Å²) < 4.78 is 5.88. The van der Waals surface area contributed by atoms with Crippen molar-refractivity contribution in [2.24, 2.45) is 10.9 Å². The number of rotatable bonds is 3. The Hall–Kier alpha value is -2.52. The van der Waals surface area contributed by atoms with Gasteiger partial charge in [-0.05, 0) is 6.42 Å². The number of nitrogens with one attached hydrogen (secondary N) is 1. The molecule has 0 saturated carbocycles. The maximum Gasteiger partial charge on any atom is 0.370 e. The second-order valence-electron chi connectivity index (χ2n) is 5.97. The monoisotopic (exact) mass is 332 g/mol. The molecule has 0 spiro atoms. The topological polar surface area (TPSA) is 126 Å². The fourth-order valence-electron chi connectivity index (χ4n) is 3.08. The molecule has 0 bridgehead atoms. The Labute approximate surface area is 138 Å². The second kappa shape index (κ2) is 6.17. The van der Waals surface area contributed by atoms with Crippen molar-refractivity contribution in [3.05, 3.63) is 20.9 Å². The van der Waals surface area contributed by atoms with E-state index in [0.717, 1.165) is 6.42 Å². The highest BCUT2D eigenvalue weighted by Gasteiger charge is 2.35. The molecule has 3 heterocycles. The van der Waals surface area contributed by atoms with Crippen molar-refractivity contribution in [1.29, 1.82) is 0 Å². The third-order valence-electron chi connectivity index (χ3n) is 4.26. The third kappa shape index (κ3) is 2.72. The van der Waals surface area contributed by atoms with Gasteiger partial charge in [0.05, 0.1) is 24.3 Å². The molecule has 3 rings (SSSR count). The van der Waals surface area contributed by atoms with E-state index in [1.807, 2.05) is 18.9 Å². The summed E-state index contributed by atoms with van der Waals surface area (Å²) in [6, 6.07) is 0. The fraction of sp³-hybridized carbons (Fsp3) is 0.467. The van der Waals surface area contributed by atoms with Gasteiger partial charge in [0, 0.05) is 18.2 Å². The molecule has 3 unspecified atom stereocenters. The lowest BCUT2D eigenvalue weighted by atomic mass is 10.1. The number of ether oxygens (including phenoxy) is 1. The lowest BCUT2D eigenvalue weighted by Gasteiger charge is -2.30. The normalized spacial score (nSPS) is 25.3. The predicted octanol–water partition coefficient (Wildman–Crippen LogP) is -1.98. The van der Waals surface area contributed by atoms with Crippen molar-refractivity contribution in [3.63, 3.8) is 0 Å². The van der Waals surface area contributed by atoms with E-state index >= 15 is 0 Å². The van der Waals surface area contributed by atoms with E-state index in [4.69, 9.17) is 10.5 Å². The number of aromatic nitrogens is 2. The van der Waals surface area contributed by atoms with Crippen LogP contribution in [0.2, 0.25) is 0 Å². The molecule has 4 N–H and O–H groups in total. The van der Waals surface area contributed by atoms with Gasteiger partial charge in [0.15, 0.2) is 0 Å². The molecule has 0 aromatic carbocycles. The third-order valence-corrected chi connectivity index (χ3v) is 4.26. The quantitative estimate of drug-likeness (QED) is 0.582. The molecule has 1 aromatic rings. The molecule has 128 valence electrons. The minimum absolute atomic E-state index is 0.00664. The van der Waals surface area contributed by atoms with E-state index in [1.54, 1.807) is 0 Å². The summed E-state index contributed by atoms with van der Waals surface area (Å²) in [6.45, 7) is 5.93. The molecule has 0 aliphatic carbocycles. The highest BCUT2D eigenvalue weighted by Crippen LogP contribution is 2.30. The van der Waals surface area contributed by atoms with E-state index in [2.05, 4.69) is 26.9 Å². The number of hydrogen-bond acceptors (Lipinski definition) is 9. The summed E-state index contributed by atoms with van der Waals surface area (Å²) >= 11 is 0. The first-order valence-corrected chi connectivity index (χ1v) is 7.61. The van der Waals surface area contributed by atoms with Gasteiger partial charge < -0.3 is 25.8 Å². The summed E-state index contributed by atoms with van der Waals surface area (Å²) in [5, 5.41) is 13.0. The maximum atomic E-state index is 11.7. The number of aliphatic hydroxyl groups excluding tert-OH is 1. The van der Waals surface area contributed by atoms with Crippen molar-refractivity contribution in [2.45, 2.75) is 25.7 Å². The number of aliphatic imine (C=N–C) groups is 1. The van der Waals surface area contributed by atoms with Gasteiger partial charge in [0.1, 0.15) is 23.7 Å². The zero-order valence-electron chi connectivity index (χ0n) is 13.6. The molecule has 2 aliphatic heterocycles. The van der Waals surface area contributed by atoms with Crippen LogP contribution in [0.3, 0.4) is 0 Å². The highest BCUT2D eigenvalue weighted by molar-refractivity contribution is 5.82. The van der Waals surface area contributed by atoms with Crippen LogP contribution in [0.4, 0.5) is 11.6 Å². The van der Waals surface area contributed by atoms with Crippen molar-refractivity contribution >= 4 is 30.4 Å². The lowest BCUT2D eigenvalue weighted by molar-refractivity contribution is -0.0487. The Morgan fingerprint density at radius 2 is 2.29 bits per heavy atom. The van der Waals surface area contributed by atoms with Crippen LogP contribution < -0.4 is 27.2 Å². The second-order valence-corrected chi connectivity index (χ2v) is 5.97. The van der Waals surface area contributed by atoms with Crippen LogP contribution in [0.1, 0.15) is 13.3 Å². The summed E-state index contributed by atoms with van der Waals surface area (Å²) in [4.78, 5) is 25.5. The maximum absolute atomic E-state index is 11.7. The van der Waals surface area contributed by atoms with Crippen LogP contribution in [-0.2, 0) is 4.74 Å². The molecule has 1 saturated heterocycles. The number of nitrogens with zero attached hydrogens (tertiary/aromatic N) is 4. The van der Waals surface area contributed by atoms with Crippen LogP contribution in [0.15, 0.2) is 9.79 Å². The van der Waals surface area contributed by atoms with Gasteiger partial charge in [-0.3, -0.25) is 0 Å². The molecule has 9 nitrogen and oxygen atoms in total. The van der Waals surface area contributed by atoms with E-state index in [9.17, 15) is 9.90 Å². The first-order chi connectivity index (χ1) is 11.4. The summed E-state index contributed by atoms with van der Waals surface area (Å²) in [7, 11) is 1.83. The van der Waals surface area contributed by atoms with Gasteiger partial charge in [-0.15, -0.1) is 0 Å². The standard InChI is InChI=1S/C15H20N6O3/c1-7-4-9(5-22)24-14(7)21(3)13-10-8(2)11(16)19-15(23)20-12(10)17-6-18-13/h6-7,9,14,22H,2,4-5H2,1,3H3,(H3,16,17,18,19,20,23). The Morgan fingerprint density at radius 1 is 1.54 bits per heavy atom. The van der Waals surface area contributed by atoms with Crippen molar-refractivity contribution in [3.8, 4) is 0 Å². The largest absolute Gasteiger partial charge is 0.394 e. The first-order valence-electron chi connectivity index (χ1n) is 7.61. The number of nitrogens with two attached hydrogens (primary N) is 1. The fourth-order valence-corrected chi connectivity index (χ4v) is 3.08. The van der Waals surface area contributed by atoms with Crippen molar-refractivity contribution < 1.29 is 9.84 Å². The predicted molar refractivity (Wildman–Crippen MR) is 90.3 cm³/mol. The van der Waals surface area contributed by atoms with Gasteiger partial charge in [-0.1, -0.05) is 13.5 Å². The van der Waals surface area contributed by atoms with Crippen LogP contribution in [0, 0.1) is 5.92 Å². The van der Waals surface area contributed by atoms with Crippen LogP contribution in [-0.4, -0.2) is 52.3 Å². The molecule has 2 aliphatic rings. The number of hydrogen-bond donors (Lipinski definition) is 3. The number of nitrogen functional groups attached to an aromatic ring is 1. The van der Waals surface area contributed by atoms with Gasteiger partial charge in [0.25, 0.3) is 0 Å².